The van der Waals surface area contributed by atoms with Gasteiger partial charge < -0.3 is 20.4 Å². The highest BCUT2D eigenvalue weighted by atomic mass is 127. The second-order valence-electron chi connectivity index (χ2n) is 8.22. The number of aliphatic imine (C=N–C) groups is 1. The number of guanidine groups is 1. The van der Waals surface area contributed by atoms with E-state index in [4.69, 9.17) is 4.99 Å². The molecule has 7 heteroatoms. The molecule has 1 aliphatic rings. The fraction of sp³-hybridized carbons (Fsp3) is 0.440. The van der Waals surface area contributed by atoms with Crippen LogP contribution in [0.2, 0.25) is 0 Å². The van der Waals surface area contributed by atoms with Gasteiger partial charge in [0.2, 0.25) is 0 Å². The number of hydrogen-bond acceptors (Lipinski definition) is 3. The lowest BCUT2D eigenvalue weighted by molar-refractivity contribution is 0.0827. The molecule has 1 atom stereocenters. The molecule has 0 aromatic heterocycles. The number of halogens is 1. The van der Waals surface area contributed by atoms with E-state index in [9.17, 15) is 4.79 Å². The molecular formula is C25H36IN5O. The smallest absolute Gasteiger partial charge is 0.253 e. The topological polar surface area (TPSA) is 60.0 Å². The molecule has 32 heavy (non-hydrogen) atoms. The number of carbonyl (C=O) groups excluding carboxylic acids is 1. The van der Waals surface area contributed by atoms with Gasteiger partial charge in [0.1, 0.15) is 0 Å². The molecule has 6 nitrogen and oxygen atoms in total. The van der Waals surface area contributed by atoms with Crippen molar-refractivity contribution in [3.63, 3.8) is 0 Å². The third-order valence-corrected chi connectivity index (χ3v) is 5.60. The predicted octanol–water partition coefficient (Wildman–Crippen LogP) is 3.56. The fourth-order valence-corrected chi connectivity index (χ4v) is 3.93. The maximum Gasteiger partial charge on any atom is 0.253 e. The maximum atomic E-state index is 12.2. The van der Waals surface area contributed by atoms with Gasteiger partial charge in [0.15, 0.2) is 5.96 Å². The van der Waals surface area contributed by atoms with Crippen molar-refractivity contribution in [2.75, 3.05) is 45.2 Å². The summed E-state index contributed by atoms with van der Waals surface area (Å²) < 4.78 is 0. The first-order chi connectivity index (χ1) is 15.0. The number of benzene rings is 2. The number of amides is 1. The Kier molecular flexibility index (Phi) is 10.3. The van der Waals surface area contributed by atoms with Crippen LogP contribution in [-0.2, 0) is 12.8 Å². The zero-order valence-electron chi connectivity index (χ0n) is 19.6. The van der Waals surface area contributed by atoms with E-state index < -0.39 is 0 Å². The Hall–Kier alpha value is -2.29. The molecule has 2 N–H and O–H groups in total. The molecule has 0 saturated heterocycles. The van der Waals surface area contributed by atoms with Crippen molar-refractivity contribution in [1.82, 2.24) is 15.5 Å². The molecule has 2 aromatic carbocycles. The maximum absolute atomic E-state index is 12.2. The number of carbonyl (C=O) groups is 1. The minimum Gasteiger partial charge on any atom is -0.366 e. The van der Waals surface area contributed by atoms with Crippen molar-refractivity contribution >= 4 is 41.5 Å². The van der Waals surface area contributed by atoms with E-state index in [1.165, 1.54) is 11.3 Å². The molecule has 1 amide bonds. The Balaban J connectivity index is 0.00000363. The Morgan fingerprint density at radius 2 is 1.94 bits per heavy atom. The molecule has 0 spiro atoms. The van der Waals surface area contributed by atoms with Crippen molar-refractivity contribution in [2.45, 2.75) is 32.7 Å². The van der Waals surface area contributed by atoms with Gasteiger partial charge in [-0.25, -0.2) is 0 Å². The molecule has 0 aliphatic carbocycles. The fourth-order valence-electron chi connectivity index (χ4n) is 3.93. The summed E-state index contributed by atoms with van der Waals surface area (Å²) in [5.74, 6) is 0.865. The number of anilines is 1. The molecular weight excluding hydrogens is 513 g/mol. The first kappa shape index (κ1) is 26.0. The first-order valence-corrected chi connectivity index (χ1v) is 11.2. The van der Waals surface area contributed by atoms with Gasteiger partial charge in [-0.2, -0.15) is 0 Å². The van der Waals surface area contributed by atoms with Gasteiger partial charge in [-0.15, -0.1) is 24.0 Å². The molecule has 0 saturated carbocycles. The van der Waals surface area contributed by atoms with E-state index in [1.54, 1.807) is 19.0 Å². The molecule has 0 fully saturated rings. The monoisotopic (exact) mass is 549 g/mol. The largest absolute Gasteiger partial charge is 0.366 e. The minimum atomic E-state index is 0. The van der Waals surface area contributed by atoms with Crippen LogP contribution in [0.25, 0.3) is 0 Å². The normalized spacial score (nSPS) is 13.8. The Morgan fingerprint density at radius 3 is 2.69 bits per heavy atom. The zero-order chi connectivity index (χ0) is 22.2. The molecule has 1 aliphatic heterocycles. The molecule has 0 bridgehead atoms. The summed E-state index contributed by atoms with van der Waals surface area (Å²) in [5.41, 5.74) is 4.63. The quantitative estimate of drug-likeness (QED) is 0.301. The van der Waals surface area contributed by atoms with Crippen LogP contribution in [0.5, 0.6) is 0 Å². The Morgan fingerprint density at radius 1 is 1.16 bits per heavy atom. The highest BCUT2D eigenvalue weighted by molar-refractivity contribution is 14.0. The first-order valence-electron chi connectivity index (χ1n) is 11.2. The second kappa shape index (κ2) is 12.7. The lowest BCUT2D eigenvalue weighted by Gasteiger charge is -2.26. The number of nitrogens with one attached hydrogen (secondary N) is 2. The Bertz CT molecular complexity index is 915. The van der Waals surface area contributed by atoms with Crippen LogP contribution in [0.15, 0.2) is 53.5 Å². The van der Waals surface area contributed by atoms with Crippen molar-refractivity contribution in [1.29, 1.82) is 0 Å². The van der Waals surface area contributed by atoms with E-state index in [0.29, 0.717) is 6.04 Å². The molecule has 0 radical (unpaired) electrons. The van der Waals surface area contributed by atoms with Crippen LogP contribution in [0.3, 0.4) is 0 Å². The van der Waals surface area contributed by atoms with Gasteiger partial charge in [-0.1, -0.05) is 30.3 Å². The summed E-state index contributed by atoms with van der Waals surface area (Å²) >= 11 is 0. The van der Waals surface area contributed by atoms with Crippen molar-refractivity contribution in [3.8, 4) is 0 Å². The van der Waals surface area contributed by atoms with Gasteiger partial charge in [-0.3, -0.25) is 9.79 Å². The summed E-state index contributed by atoms with van der Waals surface area (Å²) in [6.07, 6.45) is 1.94. The number of hydrogen-bond donors (Lipinski definition) is 2. The molecule has 1 heterocycles. The van der Waals surface area contributed by atoms with Gasteiger partial charge in [-0.05, 0) is 56.0 Å². The van der Waals surface area contributed by atoms with Crippen LogP contribution in [0.1, 0.15) is 35.3 Å². The molecule has 3 rings (SSSR count). The standard InChI is InChI=1S/C25H35N5O.HI/c1-5-26-25(27-15-13-20-9-8-11-22(17-20)24(31)29(3)4)28-18-19(2)30-16-14-21-10-6-7-12-23(21)30;/h6-12,17,19H,5,13-16,18H2,1-4H3,(H2,26,27,28);1H. The summed E-state index contributed by atoms with van der Waals surface area (Å²) in [4.78, 5) is 21.1. The number of para-hydroxylation sites is 1. The minimum absolute atomic E-state index is 0. The SMILES string of the molecule is CCNC(=NCC(C)N1CCc2ccccc21)NCCc1cccc(C(=O)N(C)C)c1.I. The number of nitrogens with zero attached hydrogens (tertiary/aromatic N) is 3. The van der Waals surface area contributed by atoms with Gasteiger partial charge in [0, 0.05) is 51.0 Å². The third kappa shape index (κ3) is 6.85. The van der Waals surface area contributed by atoms with E-state index in [1.807, 2.05) is 18.2 Å². The third-order valence-electron chi connectivity index (χ3n) is 5.60. The Labute approximate surface area is 209 Å². The predicted molar refractivity (Wildman–Crippen MR) is 145 cm³/mol. The zero-order valence-corrected chi connectivity index (χ0v) is 21.9. The van der Waals surface area contributed by atoms with E-state index in [2.05, 4.69) is 59.7 Å². The highest BCUT2D eigenvalue weighted by Gasteiger charge is 2.22. The van der Waals surface area contributed by atoms with E-state index >= 15 is 0 Å². The highest BCUT2D eigenvalue weighted by Crippen LogP contribution is 2.29. The second-order valence-corrected chi connectivity index (χ2v) is 8.22. The van der Waals surface area contributed by atoms with Crippen molar-refractivity contribution in [2.24, 2.45) is 4.99 Å². The average Bonchev–Trinajstić information content (AvgIpc) is 3.21. The number of rotatable bonds is 8. The van der Waals surface area contributed by atoms with Crippen LogP contribution < -0.4 is 15.5 Å². The summed E-state index contributed by atoms with van der Waals surface area (Å²) in [5, 5.41) is 6.77. The molecule has 2 aromatic rings. The van der Waals surface area contributed by atoms with E-state index in [0.717, 1.165) is 56.1 Å². The number of fused-ring (bicyclic) bond motifs is 1. The van der Waals surface area contributed by atoms with Crippen molar-refractivity contribution in [3.05, 3.63) is 65.2 Å². The molecule has 174 valence electrons. The van der Waals surface area contributed by atoms with Gasteiger partial charge in [0.25, 0.3) is 5.91 Å². The summed E-state index contributed by atoms with van der Waals surface area (Å²) in [7, 11) is 3.55. The lowest BCUT2D eigenvalue weighted by atomic mass is 10.1. The molecule has 1 unspecified atom stereocenters. The van der Waals surface area contributed by atoms with E-state index in [-0.39, 0.29) is 29.9 Å². The summed E-state index contributed by atoms with van der Waals surface area (Å²) in [6, 6.07) is 16.8. The van der Waals surface area contributed by atoms with Gasteiger partial charge in [0.05, 0.1) is 6.54 Å². The van der Waals surface area contributed by atoms with Crippen LogP contribution in [0.4, 0.5) is 5.69 Å². The van der Waals surface area contributed by atoms with Gasteiger partial charge >= 0.3 is 0 Å². The van der Waals surface area contributed by atoms with Crippen molar-refractivity contribution < 1.29 is 4.79 Å². The van der Waals surface area contributed by atoms with Crippen LogP contribution in [-0.4, -0.2) is 63.1 Å². The van der Waals surface area contributed by atoms with Crippen LogP contribution >= 0.6 is 24.0 Å². The average molecular weight is 550 g/mol. The van der Waals surface area contributed by atoms with Crippen LogP contribution in [0, 0.1) is 0 Å². The lowest BCUT2D eigenvalue weighted by Crippen LogP contribution is -2.40. The summed E-state index contributed by atoms with van der Waals surface area (Å²) in [6.45, 7) is 7.68.